The summed E-state index contributed by atoms with van der Waals surface area (Å²) in [4.78, 5) is 7.07. The number of benzene rings is 1. The summed E-state index contributed by atoms with van der Waals surface area (Å²) in [5.74, 6) is 0. The van der Waals surface area contributed by atoms with Gasteiger partial charge < -0.3 is 9.80 Å². The van der Waals surface area contributed by atoms with Gasteiger partial charge in [0.25, 0.3) is 0 Å². The normalized spacial score (nSPS) is 21.3. The molecule has 0 spiro atoms. The SMILES string of the molecule is FC(F)(F)c1cccc(N2CCN(CCN3CCCCCC3)CC2)c1. The van der Waals surface area contributed by atoms with Gasteiger partial charge in [-0.05, 0) is 44.1 Å². The van der Waals surface area contributed by atoms with Crippen molar-refractivity contribution in [1.82, 2.24) is 9.80 Å². The van der Waals surface area contributed by atoms with Crippen molar-refractivity contribution in [3.05, 3.63) is 29.8 Å². The summed E-state index contributed by atoms with van der Waals surface area (Å²) in [7, 11) is 0. The Morgan fingerprint density at radius 1 is 0.760 bits per heavy atom. The van der Waals surface area contributed by atoms with Crippen LogP contribution in [0, 0.1) is 0 Å². The molecule has 0 radical (unpaired) electrons. The van der Waals surface area contributed by atoms with E-state index in [2.05, 4.69) is 14.7 Å². The number of hydrogen-bond donors (Lipinski definition) is 0. The molecule has 0 N–H and O–H groups in total. The van der Waals surface area contributed by atoms with Crippen molar-refractivity contribution in [3.63, 3.8) is 0 Å². The van der Waals surface area contributed by atoms with E-state index in [1.165, 1.54) is 50.9 Å². The zero-order valence-corrected chi connectivity index (χ0v) is 14.8. The molecule has 0 unspecified atom stereocenters. The standard InChI is InChI=1S/C19H28F3N3/c20-19(21,22)17-6-5-7-18(16-17)25-14-12-24(13-15-25)11-10-23-8-3-1-2-4-9-23/h5-7,16H,1-4,8-15H2. The molecule has 3 rings (SSSR count). The van der Waals surface area contributed by atoms with E-state index < -0.39 is 11.7 Å². The molecular formula is C19H28F3N3. The minimum absolute atomic E-state index is 0.561. The number of anilines is 1. The summed E-state index contributed by atoms with van der Waals surface area (Å²) in [6.45, 7) is 8.03. The van der Waals surface area contributed by atoms with Gasteiger partial charge in [0.15, 0.2) is 0 Å². The third-order valence-electron chi connectivity index (χ3n) is 5.34. The molecule has 0 bridgehead atoms. The first-order chi connectivity index (χ1) is 12.0. The van der Waals surface area contributed by atoms with E-state index in [9.17, 15) is 13.2 Å². The Balaban J connectivity index is 1.47. The molecule has 1 aromatic carbocycles. The van der Waals surface area contributed by atoms with Gasteiger partial charge in [-0.25, -0.2) is 0 Å². The topological polar surface area (TPSA) is 9.72 Å². The molecule has 2 heterocycles. The molecule has 1 aromatic rings. The van der Waals surface area contributed by atoms with Gasteiger partial charge in [0.05, 0.1) is 5.56 Å². The minimum atomic E-state index is -4.27. The van der Waals surface area contributed by atoms with Crippen LogP contribution in [-0.4, -0.2) is 62.2 Å². The van der Waals surface area contributed by atoms with Crippen LogP contribution in [0.4, 0.5) is 18.9 Å². The number of rotatable bonds is 4. The number of likely N-dealkylation sites (tertiary alicyclic amines) is 1. The van der Waals surface area contributed by atoms with Gasteiger partial charge in [0.1, 0.15) is 0 Å². The van der Waals surface area contributed by atoms with Gasteiger partial charge in [-0.15, -0.1) is 0 Å². The van der Waals surface area contributed by atoms with E-state index in [0.29, 0.717) is 5.69 Å². The van der Waals surface area contributed by atoms with E-state index in [4.69, 9.17) is 0 Å². The monoisotopic (exact) mass is 355 g/mol. The molecule has 25 heavy (non-hydrogen) atoms. The van der Waals surface area contributed by atoms with Gasteiger partial charge in [-0.2, -0.15) is 13.2 Å². The number of alkyl halides is 3. The molecule has 2 fully saturated rings. The van der Waals surface area contributed by atoms with Crippen LogP contribution < -0.4 is 4.90 Å². The van der Waals surface area contributed by atoms with Crippen molar-refractivity contribution < 1.29 is 13.2 Å². The Kier molecular flexibility index (Phi) is 6.23. The van der Waals surface area contributed by atoms with Crippen molar-refractivity contribution in [2.24, 2.45) is 0 Å². The van der Waals surface area contributed by atoms with Crippen molar-refractivity contribution in [2.75, 3.05) is 57.3 Å². The molecule has 0 amide bonds. The third kappa shape index (κ3) is 5.35. The Labute approximate surface area is 148 Å². The average molecular weight is 355 g/mol. The summed E-state index contributed by atoms with van der Waals surface area (Å²) in [6.07, 6.45) is 1.05. The quantitative estimate of drug-likeness (QED) is 0.815. The molecule has 0 aromatic heterocycles. The predicted octanol–water partition coefficient (Wildman–Crippen LogP) is 3.70. The largest absolute Gasteiger partial charge is 0.416 e. The lowest BCUT2D eigenvalue weighted by Gasteiger charge is -2.37. The summed E-state index contributed by atoms with van der Waals surface area (Å²) in [5.41, 5.74) is 0.121. The maximum atomic E-state index is 12.9. The van der Waals surface area contributed by atoms with E-state index >= 15 is 0 Å². The molecular weight excluding hydrogens is 327 g/mol. The van der Waals surface area contributed by atoms with Crippen molar-refractivity contribution in [2.45, 2.75) is 31.9 Å². The number of piperazine rings is 1. The van der Waals surface area contributed by atoms with E-state index in [1.54, 1.807) is 6.07 Å². The van der Waals surface area contributed by atoms with E-state index in [0.717, 1.165) is 45.3 Å². The first kappa shape index (κ1) is 18.5. The number of nitrogens with zero attached hydrogens (tertiary/aromatic N) is 3. The molecule has 0 saturated carbocycles. The van der Waals surface area contributed by atoms with Gasteiger partial charge in [0.2, 0.25) is 0 Å². The Bertz CT molecular complexity index is 531. The van der Waals surface area contributed by atoms with Crippen LogP contribution >= 0.6 is 0 Å². The summed E-state index contributed by atoms with van der Waals surface area (Å²) in [5, 5.41) is 0. The maximum absolute atomic E-state index is 12.9. The molecule has 2 saturated heterocycles. The van der Waals surface area contributed by atoms with E-state index in [1.807, 2.05) is 0 Å². The minimum Gasteiger partial charge on any atom is -0.369 e. The summed E-state index contributed by atoms with van der Waals surface area (Å²) >= 11 is 0. The first-order valence-corrected chi connectivity index (χ1v) is 9.39. The zero-order valence-electron chi connectivity index (χ0n) is 14.8. The Morgan fingerprint density at radius 3 is 1.96 bits per heavy atom. The fourth-order valence-corrected chi connectivity index (χ4v) is 3.75. The summed E-state index contributed by atoms with van der Waals surface area (Å²) in [6, 6.07) is 5.69. The van der Waals surface area contributed by atoms with Crippen LogP contribution in [0.15, 0.2) is 24.3 Å². The highest BCUT2D eigenvalue weighted by Crippen LogP contribution is 2.31. The Hall–Kier alpha value is -1.27. The maximum Gasteiger partial charge on any atom is 0.416 e. The molecule has 6 heteroatoms. The van der Waals surface area contributed by atoms with Crippen LogP contribution in [0.3, 0.4) is 0 Å². The average Bonchev–Trinajstić information content (AvgIpc) is 2.89. The van der Waals surface area contributed by atoms with Gasteiger partial charge in [-0.3, -0.25) is 4.90 Å². The molecule has 3 nitrogen and oxygen atoms in total. The van der Waals surface area contributed by atoms with E-state index in [-0.39, 0.29) is 0 Å². The molecule has 0 aliphatic carbocycles. The van der Waals surface area contributed by atoms with Crippen molar-refractivity contribution in [3.8, 4) is 0 Å². The summed E-state index contributed by atoms with van der Waals surface area (Å²) < 4.78 is 38.6. The van der Waals surface area contributed by atoms with Gasteiger partial charge in [0, 0.05) is 45.0 Å². The molecule has 140 valence electrons. The van der Waals surface area contributed by atoms with Crippen molar-refractivity contribution >= 4 is 5.69 Å². The fraction of sp³-hybridized carbons (Fsp3) is 0.684. The fourth-order valence-electron chi connectivity index (χ4n) is 3.75. The second-order valence-electron chi connectivity index (χ2n) is 7.13. The number of halogens is 3. The lowest BCUT2D eigenvalue weighted by molar-refractivity contribution is -0.137. The van der Waals surface area contributed by atoms with Crippen LogP contribution in [-0.2, 0) is 6.18 Å². The highest BCUT2D eigenvalue weighted by atomic mass is 19.4. The number of hydrogen-bond acceptors (Lipinski definition) is 3. The second-order valence-corrected chi connectivity index (χ2v) is 7.13. The highest BCUT2D eigenvalue weighted by molar-refractivity contribution is 5.49. The molecule has 2 aliphatic rings. The van der Waals surface area contributed by atoms with Crippen LogP contribution in [0.25, 0.3) is 0 Å². The lowest BCUT2D eigenvalue weighted by atomic mass is 10.1. The molecule has 0 atom stereocenters. The second kappa shape index (κ2) is 8.41. The first-order valence-electron chi connectivity index (χ1n) is 9.39. The van der Waals surface area contributed by atoms with Gasteiger partial charge >= 0.3 is 6.18 Å². The third-order valence-corrected chi connectivity index (χ3v) is 5.34. The van der Waals surface area contributed by atoms with Crippen LogP contribution in [0.1, 0.15) is 31.2 Å². The van der Waals surface area contributed by atoms with Gasteiger partial charge in [-0.1, -0.05) is 18.9 Å². The predicted molar refractivity (Wildman–Crippen MR) is 95.0 cm³/mol. The Morgan fingerprint density at radius 2 is 1.36 bits per heavy atom. The molecule has 2 aliphatic heterocycles. The van der Waals surface area contributed by atoms with Crippen LogP contribution in [0.5, 0.6) is 0 Å². The zero-order chi connectivity index (χ0) is 17.7. The van der Waals surface area contributed by atoms with Crippen molar-refractivity contribution in [1.29, 1.82) is 0 Å². The smallest absolute Gasteiger partial charge is 0.369 e. The van der Waals surface area contributed by atoms with Crippen LogP contribution in [0.2, 0.25) is 0 Å². The highest BCUT2D eigenvalue weighted by Gasteiger charge is 2.31. The lowest BCUT2D eigenvalue weighted by Crippen LogP contribution is -2.48.